The molecule has 0 spiro atoms. The third kappa shape index (κ3) is 4.26. The number of hydrogen-bond acceptors (Lipinski definition) is 4. The van der Waals surface area contributed by atoms with Gasteiger partial charge in [0.1, 0.15) is 5.75 Å². The molecule has 5 nitrogen and oxygen atoms in total. The largest absolute Gasteiger partial charge is 0.465 e. The molecule has 0 saturated carbocycles. The molecule has 2 saturated heterocycles. The number of anilines is 1. The Hall–Kier alpha value is -2.50. The van der Waals surface area contributed by atoms with Crippen LogP contribution in [0.15, 0.2) is 54.7 Å². The van der Waals surface area contributed by atoms with Gasteiger partial charge in [0.25, 0.3) is 0 Å². The van der Waals surface area contributed by atoms with Crippen LogP contribution in [0.25, 0.3) is 10.9 Å². The summed E-state index contributed by atoms with van der Waals surface area (Å²) in [6, 6.07) is 17.2. The number of nitrogens with one attached hydrogen (secondary N) is 1. The minimum atomic E-state index is -0.0767. The molecule has 0 amide bonds. The number of nitrogens with zero attached hydrogens (tertiary/aromatic N) is 2. The summed E-state index contributed by atoms with van der Waals surface area (Å²) in [7, 11) is 0. The lowest BCUT2D eigenvalue weighted by Crippen LogP contribution is -2.46. The molecule has 1 aromatic heterocycles. The van der Waals surface area contributed by atoms with E-state index in [2.05, 4.69) is 63.3 Å². The first-order valence-corrected chi connectivity index (χ1v) is 10.8. The van der Waals surface area contributed by atoms with Gasteiger partial charge in [-0.15, -0.1) is 0 Å². The molecule has 5 heteroatoms. The predicted molar refractivity (Wildman–Crippen MR) is 116 cm³/mol. The van der Waals surface area contributed by atoms with Crippen LogP contribution in [0.4, 0.5) is 5.69 Å². The van der Waals surface area contributed by atoms with Gasteiger partial charge in [-0.3, -0.25) is 4.90 Å². The van der Waals surface area contributed by atoms with Crippen LogP contribution >= 0.6 is 0 Å². The summed E-state index contributed by atoms with van der Waals surface area (Å²) < 4.78 is 11.6. The van der Waals surface area contributed by atoms with E-state index in [1.165, 1.54) is 28.6 Å². The van der Waals surface area contributed by atoms with Gasteiger partial charge < -0.3 is 19.4 Å². The fourth-order valence-corrected chi connectivity index (χ4v) is 4.38. The highest BCUT2D eigenvalue weighted by atomic mass is 16.7. The van der Waals surface area contributed by atoms with Gasteiger partial charge >= 0.3 is 0 Å². The van der Waals surface area contributed by atoms with Gasteiger partial charge in [0.2, 0.25) is 0 Å². The maximum absolute atomic E-state index is 5.95. The van der Waals surface area contributed by atoms with E-state index in [9.17, 15) is 0 Å². The van der Waals surface area contributed by atoms with Crippen LogP contribution in [0, 0.1) is 0 Å². The second kappa shape index (κ2) is 8.47. The molecule has 3 heterocycles. The molecule has 2 aliphatic heterocycles. The van der Waals surface area contributed by atoms with E-state index in [0.717, 1.165) is 57.9 Å². The van der Waals surface area contributed by atoms with Gasteiger partial charge in [-0.2, -0.15) is 0 Å². The average Bonchev–Trinajstić information content (AvgIpc) is 3.26. The van der Waals surface area contributed by atoms with E-state index < -0.39 is 0 Å². The topological polar surface area (TPSA) is 40.7 Å². The summed E-state index contributed by atoms with van der Waals surface area (Å²) in [5, 5.41) is 1.32. The molecular weight excluding hydrogens is 362 g/mol. The summed E-state index contributed by atoms with van der Waals surface area (Å²) in [5.41, 5.74) is 3.89. The van der Waals surface area contributed by atoms with Gasteiger partial charge in [-0.25, -0.2) is 0 Å². The zero-order valence-corrected chi connectivity index (χ0v) is 16.8. The minimum absolute atomic E-state index is 0.0767. The molecule has 2 fully saturated rings. The van der Waals surface area contributed by atoms with Crippen LogP contribution in [0.2, 0.25) is 0 Å². The molecule has 2 aromatic carbocycles. The molecule has 3 aromatic rings. The van der Waals surface area contributed by atoms with Crippen LogP contribution in [-0.4, -0.2) is 49.0 Å². The number of aromatic nitrogens is 1. The van der Waals surface area contributed by atoms with Gasteiger partial charge in [0.15, 0.2) is 6.29 Å². The molecular formula is C24H29N3O2. The van der Waals surface area contributed by atoms with Crippen molar-refractivity contribution in [3.05, 3.63) is 60.3 Å². The molecule has 0 radical (unpaired) electrons. The highest BCUT2D eigenvalue weighted by Crippen LogP contribution is 2.27. The lowest BCUT2D eigenvalue weighted by atomic mass is 10.1. The van der Waals surface area contributed by atoms with E-state index in [-0.39, 0.29) is 6.29 Å². The molecule has 5 rings (SSSR count). The highest BCUT2D eigenvalue weighted by molar-refractivity contribution is 5.92. The van der Waals surface area contributed by atoms with Crippen molar-refractivity contribution in [1.29, 1.82) is 0 Å². The normalized spacial score (nSPS) is 20.8. The summed E-state index contributed by atoms with van der Waals surface area (Å²) in [6.07, 6.45) is 5.27. The van der Waals surface area contributed by atoms with Gasteiger partial charge in [-0.05, 0) is 48.7 Å². The SMILES string of the molecule is c1cc(N2CCN(Cc3ccc(OC4CCCCO4)cc3)CC2)c2cc[nH]c2c1. The Balaban J connectivity index is 1.15. The Morgan fingerprint density at radius 3 is 2.62 bits per heavy atom. The monoisotopic (exact) mass is 391 g/mol. The van der Waals surface area contributed by atoms with E-state index >= 15 is 0 Å². The van der Waals surface area contributed by atoms with Crippen molar-refractivity contribution in [3.63, 3.8) is 0 Å². The third-order valence-corrected chi connectivity index (χ3v) is 6.02. The molecule has 1 unspecified atom stereocenters. The quantitative estimate of drug-likeness (QED) is 0.700. The number of H-pyrrole nitrogens is 1. The number of hydrogen-bond donors (Lipinski definition) is 1. The lowest BCUT2D eigenvalue weighted by molar-refractivity contribution is -0.105. The van der Waals surface area contributed by atoms with Gasteiger partial charge in [-0.1, -0.05) is 18.2 Å². The van der Waals surface area contributed by atoms with Crippen LogP contribution in [0.1, 0.15) is 24.8 Å². The summed E-state index contributed by atoms with van der Waals surface area (Å²) >= 11 is 0. The van der Waals surface area contributed by atoms with Crippen LogP contribution < -0.4 is 9.64 Å². The average molecular weight is 392 g/mol. The number of rotatable bonds is 5. The number of fused-ring (bicyclic) bond motifs is 1. The number of aromatic amines is 1. The summed E-state index contributed by atoms with van der Waals surface area (Å²) in [4.78, 5) is 8.36. The third-order valence-electron chi connectivity index (χ3n) is 6.02. The number of piperazine rings is 1. The molecule has 29 heavy (non-hydrogen) atoms. The van der Waals surface area contributed by atoms with Gasteiger partial charge in [0, 0.05) is 61.9 Å². The van der Waals surface area contributed by atoms with Crippen molar-refractivity contribution >= 4 is 16.6 Å². The molecule has 2 aliphatic rings. The second-order valence-electron chi connectivity index (χ2n) is 8.04. The van der Waals surface area contributed by atoms with Crippen molar-refractivity contribution < 1.29 is 9.47 Å². The highest BCUT2D eigenvalue weighted by Gasteiger charge is 2.19. The summed E-state index contributed by atoms with van der Waals surface area (Å²) in [5.74, 6) is 0.907. The Bertz CT molecular complexity index is 923. The van der Waals surface area contributed by atoms with E-state index in [4.69, 9.17) is 9.47 Å². The maximum atomic E-state index is 5.95. The Morgan fingerprint density at radius 1 is 0.966 bits per heavy atom. The predicted octanol–water partition coefficient (Wildman–Crippen LogP) is 4.40. The van der Waals surface area contributed by atoms with Crippen molar-refractivity contribution in [2.24, 2.45) is 0 Å². The van der Waals surface area contributed by atoms with Gasteiger partial charge in [0.05, 0.1) is 6.61 Å². The molecule has 1 atom stereocenters. The lowest BCUT2D eigenvalue weighted by Gasteiger charge is -2.36. The first-order chi connectivity index (χ1) is 14.3. The van der Waals surface area contributed by atoms with Crippen LogP contribution in [0.5, 0.6) is 5.75 Å². The van der Waals surface area contributed by atoms with E-state index in [0.29, 0.717) is 0 Å². The molecule has 0 bridgehead atoms. The Labute approximate surface area is 172 Å². The Kier molecular flexibility index (Phi) is 5.41. The van der Waals surface area contributed by atoms with Crippen molar-refractivity contribution in [1.82, 2.24) is 9.88 Å². The maximum Gasteiger partial charge on any atom is 0.199 e. The van der Waals surface area contributed by atoms with Crippen molar-refractivity contribution in [3.8, 4) is 5.75 Å². The fourth-order valence-electron chi connectivity index (χ4n) is 4.38. The zero-order chi connectivity index (χ0) is 19.5. The minimum Gasteiger partial charge on any atom is -0.465 e. The first-order valence-electron chi connectivity index (χ1n) is 10.8. The number of benzene rings is 2. The second-order valence-corrected chi connectivity index (χ2v) is 8.04. The van der Waals surface area contributed by atoms with Crippen molar-refractivity contribution in [2.75, 3.05) is 37.7 Å². The smallest absolute Gasteiger partial charge is 0.199 e. The van der Waals surface area contributed by atoms with E-state index in [1.807, 2.05) is 6.20 Å². The zero-order valence-electron chi connectivity index (χ0n) is 16.8. The fraction of sp³-hybridized carbons (Fsp3) is 0.417. The molecule has 0 aliphatic carbocycles. The first kappa shape index (κ1) is 18.5. The Morgan fingerprint density at radius 2 is 1.83 bits per heavy atom. The molecule has 152 valence electrons. The van der Waals surface area contributed by atoms with E-state index in [1.54, 1.807) is 0 Å². The van der Waals surface area contributed by atoms with Crippen LogP contribution in [0.3, 0.4) is 0 Å². The van der Waals surface area contributed by atoms with Crippen molar-refractivity contribution in [2.45, 2.75) is 32.1 Å². The van der Waals surface area contributed by atoms with Crippen LogP contribution in [-0.2, 0) is 11.3 Å². The number of ether oxygens (including phenoxy) is 2. The molecule has 1 N–H and O–H groups in total. The standard InChI is InChI=1S/C24H29N3O2/c1-2-17-28-24(6-1)29-20-9-7-19(8-10-20)18-26-13-15-27(16-14-26)23-5-3-4-22-21(23)11-12-25-22/h3-5,7-12,24-25H,1-2,6,13-18H2. The summed E-state index contributed by atoms with van der Waals surface area (Å²) in [6.45, 7) is 6.08.